The maximum atomic E-state index is 5.87. The first kappa shape index (κ1) is 12.6. The van der Waals surface area contributed by atoms with E-state index in [1.807, 2.05) is 30.3 Å². The van der Waals surface area contributed by atoms with Crippen LogP contribution in [-0.4, -0.2) is 19.9 Å². The number of benzene rings is 2. The van der Waals surface area contributed by atoms with E-state index in [1.54, 1.807) is 0 Å². The third kappa shape index (κ3) is 2.04. The topological polar surface area (TPSA) is 54.5 Å². The second-order valence-corrected chi connectivity index (χ2v) is 5.27. The lowest BCUT2D eigenvalue weighted by molar-refractivity contribution is 1.06. The molecule has 4 rings (SSSR count). The number of aromatic amines is 1. The first-order chi connectivity index (χ1) is 10.2. The fourth-order valence-corrected chi connectivity index (χ4v) is 2.87. The van der Waals surface area contributed by atoms with Gasteiger partial charge in [-0.15, -0.1) is 0 Å². The van der Waals surface area contributed by atoms with Gasteiger partial charge in [0.25, 0.3) is 0 Å². The molecular weight excluding hydrogens is 307 g/mol. The quantitative estimate of drug-likeness (QED) is 0.563. The number of H-pyrrole nitrogens is 1. The van der Waals surface area contributed by atoms with Crippen LogP contribution in [0.4, 0.5) is 0 Å². The van der Waals surface area contributed by atoms with Crippen molar-refractivity contribution in [3.05, 3.63) is 53.0 Å². The third-order valence-electron chi connectivity index (χ3n) is 3.36. The molecular formula is C15H8Cl2N4. The normalized spacial score (nSPS) is 11.3. The van der Waals surface area contributed by atoms with Crippen molar-refractivity contribution in [1.29, 1.82) is 0 Å². The molecule has 6 heteroatoms. The van der Waals surface area contributed by atoms with Gasteiger partial charge in [-0.05, 0) is 35.3 Å². The fourth-order valence-electron chi connectivity index (χ4n) is 2.51. The molecule has 0 spiro atoms. The summed E-state index contributed by atoms with van der Waals surface area (Å²) in [5.74, 6) is 0.456. The largest absolute Gasteiger partial charge is 0.354 e. The van der Waals surface area contributed by atoms with Crippen molar-refractivity contribution in [1.82, 2.24) is 19.9 Å². The van der Waals surface area contributed by atoms with E-state index in [1.165, 1.54) is 0 Å². The van der Waals surface area contributed by atoms with Gasteiger partial charge < -0.3 is 4.98 Å². The van der Waals surface area contributed by atoms with Crippen molar-refractivity contribution in [2.24, 2.45) is 0 Å². The summed E-state index contributed by atoms with van der Waals surface area (Å²) >= 11 is 11.7. The van der Waals surface area contributed by atoms with Gasteiger partial charge in [0, 0.05) is 21.9 Å². The number of nitrogens with one attached hydrogen (secondary N) is 1. The Morgan fingerprint density at radius 1 is 0.762 bits per heavy atom. The molecule has 0 unspecified atom stereocenters. The molecule has 0 saturated heterocycles. The van der Waals surface area contributed by atoms with Crippen molar-refractivity contribution >= 4 is 45.0 Å². The van der Waals surface area contributed by atoms with Crippen LogP contribution in [0.15, 0.2) is 42.5 Å². The smallest absolute Gasteiger partial charge is 0.227 e. The minimum Gasteiger partial charge on any atom is -0.354 e. The molecule has 0 bridgehead atoms. The number of fused-ring (bicyclic) bond motifs is 3. The van der Waals surface area contributed by atoms with Crippen molar-refractivity contribution in [2.45, 2.75) is 0 Å². The summed E-state index contributed by atoms with van der Waals surface area (Å²) in [4.78, 5) is 15.5. The van der Waals surface area contributed by atoms with Crippen LogP contribution in [0.3, 0.4) is 0 Å². The van der Waals surface area contributed by atoms with Gasteiger partial charge in [-0.3, -0.25) is 0 Å². The Labute approximate surface area is 129 Å². The van der Waals surface area contributed by atoms with E-state index in [2.05, 4.69) is 32.1 Å². The van der Waals surface area contributed by atoms with Gasteiger partial charge in [-0.2, -0.15) is 15.0 Å². The summed E-state index contributed by atoms with van der Waals surface area (Å²) in [5.41, 5.74) is 2.86. The molecule has 0 amide bonds. The zero-order valence-corrected chi connectivity index (χ0v) is 12.2. The molecule has 2 heterocycles. The van der Waals surface area contributed by atoms with Crippen molar-refractivity contribution in [3.8, 4) is 11.4 Å². The lowest BCUT2D eigenvalue weighted by Crippen LogP contribution is -1.94. The number of rotatable bonds is 1. The highest BCUT2D eigenvalue weighted by molar-refractivity contribution is 6.31. The van der Waals surface area contributed by atoms with E-state index in [9.17, 15) is 0 Å². The molecule has 0 radical (unpaired) electrons. The van der Waals surface area contributed by atoms with E-state index in [0.29, 0.717) is 5.82 Å². The van der Waals surface area contributed by atoms with Gasteiger partial charge in [0.05, 0.1) is 5.52 Å². The molecule has 102 valence electrons. The van der Waals surface area contributed by atoms with Gasteiger partial charge in [0.15, 0.2) is 5.82 Å². The fraction of sp³-hybridized carbons (Fsp3) is 0. The summed E-state index contributed by atoms with van der Waals surface area (Å²) < 4.78 is 0. The van der Waals surface area contributed by atoms with E-state index in [0.717, 1.165) is 27.4 Å². The Bertz CT molecular complexity index is 958. The standard InChI is InChI=1S/C15H8Cl2N4/c16-14-19-13(20-15(17)21-14)10-6-3-5-9-8-4-1-2-7-11(8)18-12(9)10/h1-7,18H. The third-order valence-corrected chi connectivity index (χ3v) is 3.70. The molecule has 0 aliphatic rings. The number of nitrogens with zero attached hydrogens (tertiary/aromatic N) is 3. The molecule has 2 aromatic carbocycles. The second kappa shape index (κ2) is 4.69. The van der Waals surface area contributed by atoms with Gasteiger partial charge >= 0.3 is 0 Å². The molecule has 2 aromatic heterocycles. The highest BCUT2D eigenvalue weighted by Crippen LogP contribution is 2.32. The van der Waals surface area contributed by atoms with Crippen LogP contribution in [0.25, 0.3) is 33.2 Å². The lowest BCUT2D eigenvalue weighted by atomic mass is 10.1. The van der Waals surface area contributed by atoms with Crippen LogP contribution in [0.2, 0.25) is 10.6 Å². The van der Waals surface area contributed by atoms with Gasteiger partial charge in [-0.1, -0.05) is 30.3 Å². The summed E-state index contributed by atoms with van der Waals surface area (Å²) in [5, 5.41) is 2.42. The van der Waals surface area contributed by atoms with Gasteiger partial charge in [0.1, 0.15) is 0 Å². The predicted octanol–water partition coefficient (Wildman–Crippen LogP) is 4.48. The first-order valence-corrected chi connectivity index (χ1v) is 7.05. The van der Waals surface area contributed by atoms with E-state index in [-0.39, 0.29) is 10.6 Å². The van der Waals surface area contributed by atoms with Gasteiger partial charge in [0.2, 0.25) is 10.6 Å². The minimum atomic E-state index is 0.0816. The number of halogens is 2. The van der Waals surface area contributed by atoms with Crippen molar-refractivity contribution in [3.63, 3.8) is 0 Å². The highest BCUT2D eigenvalue weighted by atomic mass is 35.5. The Kier molecular flexibility index (Phi) is 2.80. The summed E-state index contributed by atoms with van der Waals surface area (Å²) in [6, 6.07) is 14.1. The molecule has 4 nitrogen and oxygen atoms in total. The molecule has 0 fully saturated rings. The zero-order valence-electron chi connectivity index (χ0n) is 10.6. The summed E-state index contributed by atoms with van der Waals surface area (Å²) in [7, 11) is 0. The Morgan fingerprint density at radius 2 is 1.48 bits per heavy atom. The maximum Gasteiger partial charge on any atom is 0.227 e. The van der Waals surface area contributed by atoms with Crippen LogP contribution in [-0.2, 0) is 0 Å². The molecule has 1 N–H and O–H groups in total. The Morgan fingerprint density at radius 3 is 2.29 bits per heavy atom. The van der Waals surface area contributed by atoms with Crippen molar-refractivity contribution in [2.75, 3.05) is 0 Å². The average molecular weight is 315 g/mol. The molecule has 4 aromatic rings. The molecule has 0 aliphatic carbocycles. The number of hydrogen-bond donors (Lipinski definition) is 1. The molecule has 0 atom stereocenters. The van der Waals surface area contributed by atoms with E-state index >= 15 is 0 Å². The van der Waals surface area contributed by atoms with Crippen LogP contribution in [0.5, 0.6) is 0 Å². The lowest BCUT2D eigenvalue weighted by Gasteiger charge is -2.02. The molecule has 0 aliphatic heterocycles. The Balaban J connectivity index is 2.09. The maximum absolute atomic E-state index is 5.87. The van der Waals surface area contributed by atoms with Crippen LogP contribution < -0.4 is 0 Å². The second-order valence-electron chi connectivity index (χ2n) is 4.60. The van der Waals surface area contributed by atoms with Crippen LogP contribution in [0, 0.1) is 0 Å². The van der Waals surface area contributed by atoms with E-state index < -0.39 is 0 Å². The first-order valence-electron chi connectivity index (χ1n) is 6.29. The minimum absolute atomic E-state index is 0.0816. The Hall–Kier alpha value is -2.17. The zero-order chi connectivity index (χ0) is 14.4. The number of aromatic nitrogens is 4. The predicted molar refractivity (Wildman–Crippen MR) is 84.6 cm³/mol. The monoisotopic (exact) mass is 314 g/mol. The van der Waals surface area contributed by atoms with Crippen molar-refractivity contribution < 1.29 is 0 Å². The van der Waals surface area contributed by atoms with Crippen LogP contribution in [0.1, 0.15) is 0 Å². The van der Waals surface area contributed by atoms with Gasteiger partial charge in [-0.25, -0.2) is 0 Å². The average Bonchev–Trinajstić information content (AvgIpc) is 2.84. The van der Waals surface area contributed by atoms with Crippen LogP contribution >= 0.6 is 23.2 Å². The molecule has 0 saturated carbocycles. The van der Waals surface area contributed by atoms with E-state index in [4.69, 9.17) is 23.2 Å². The summed E-state index contributed by atoms with van der Waals surface area (Å²) in [6.07, 6.45) is 0. The highest BCUT2D eigenvalue weighted by Gasteiger charge is 2.12. The number of para-hydroxylation sites is 2. The number of hydrogen-bond acceptors (Lipinski definition) is 3. The SMILES string of the molecule is Clc1nc(Cl)nc(-c2cccc3c2[nH]c2ccccc23)n1. The summed E-state index contributed by atoms with van der Waals surface area (Å²) in [6.45, 7) is 0. The molecule has 21 heavy (non-hydrogen) atoms.